The average Bonchev–Trinajstić information content (AvgIpc) is 2.06. The van der Waals surface area contributed by atoms with Gasteiger partial charge in [0.25, 0.3) is 6.43 Å². The van der Waals surface area contributed by atoms with Crippen LogP contribution in [0.15, 0.2) is 0 Å². The fourth-order valence-electron chi connectivity index (χ4n) is 1.33. The zero-order chi connectivity index (χ0) is 9.56. The molecule has 0 bridgehead atoms. The predicted molar refractivity (Wildman–Crippen MR) is 47.5 cm³/mol. The van der Waals surface area contributed by atoms with Gasteiger partial charge in [0.05, 0.1) is 6.04 Å². The molecule has 0 amide bonds. The number of hydrogen-bond acceptors (Lipinski definition) is 1. The second-order valence-corrected chi connectivity index (χ2v) is 3.15. The van der Waals surface area contributed by atoms with E-state index in [0.29, 0.717) is 12.3 Å². The van der Waals surface area contributed by atoms with Crippen LogP contribution in [-0.2, 0) is 0 Å². The van der Waals surface area contributed by atoms with Crippen LogP contribution in [0.3, 0.4) is 0 Å². The third-order valence-corrected chi connectivity index (χ3v) is 2.42. The summed E-state index contributed by atoms with van der Waals surface area (Å²) in [5.41, 5.74) is 0. The molecule has 0 aromatic rings. The summed E-state index contributed by atoms with van der Waals surface area (Å²) in [6.07, 6.45) is 0.319. The highest BCUT2D eigenvalue weighted by Gasteiger charge is 2.20. The summed E-state index contributed by atoms with van der Waals surface area (Å²) in [4.78, 5) is 0. The van der Waals surface area contributed by atoms with Crippen molar-refractivity contribution in [3.8, 4) is 0 Å². The van der Waals surface area contributed by atoms with Crippen LogP contribution < -0.4 is 5.32 Å². The van der Waals surface area contributed by atoms with E-state index in [1.807, 2.05) is 13.8 Å². The van der Waals surface area contributed by atoms with Gasteiger partial charge in [0.2, 0.25) is 0 Å². The molecular weight excluding hydrogens is 160 g/mol. The van der Waals surface area contributed by atoms with Crippen LogP contribution in [0.25, 0.3) is 0 Å². The highest BCUT2D eigenvalue weighted by atomic mass is 19.3. The van der Waals surface area contributed by atoms with Gasteiger partial charge in [0.15, 0.2) is 0 Å². The summed E-state index contributed by atoms with van der Waals surface area (Å²) in [6.45, 7) is 4.10. The van der Waals surface area contributed by atoms with Gasteiger partial charge in [-0.25, -0.2) is 8.78 Å². The minimum Gasteiger partial charge on any atom is -0.312 e. The first kappa shape index (κ1) is 11.8. The van der Waals surface area contributed by atoms with Gasteiger partial charge >= 0.3 is 0 Å². The van der Waals surface area contributed by atoms with Gasteiger partial charge in [-0.3, -0.25) is 0 Å². The normalized spacial score (nSPS) is 14.2. The van der Waals surface area contributed by atoms with Crippen molar-refractivity contribution < 1.29 is 8.78 Å². The molecule has 0 fully saturated rings. The summed E-state index contributed by atoms with van der Waals surface area (Å²) in [5.74, 6) is 0.427. The monoisotopic (exact) mass is 179 g/mol. The maximum Gasteiger partial charge on any atom is 0.253 e. The molecule has 0 aliphatic heterocycles. The number of hydrogen-bond donors (Lipinski definition) is 1. The van der Waals surface area contributed by atoms with E-state index in [0.717, 1.165) is 12.8 Å². The molecule has 1 N–H and O–H groups in total. The standard InChI is InChI=1S/C9H19F2N/c1-4-7(5-2)6-8(12-3)9(10)11/h7-9,12H,4-6H2,1-3H3. The SMILES string of the molecule is CCC(CC)CC(NC)C(F)F. The third-order valence-electron chi connectivity index (χ3n) is 2.42. The van der Waals surface area contributed by atoms with Crippen LogP contribution in [0.1, 0.15) is 33.1 Å². The molecular formula is C9H19F2N. The molecule has 0 spiro atoms. The Labute approximate surface area is 73.5 Å². The van der Waals surface area contributed by atoms with Crippen molar-refractivity contribution in [3.05, 3.63) is 0 Å². The van der Waals surface area contributed by atoms with E-state index in [2.05, 4.69) is 5.32 Å². The van der Waals surface area contributed by atoms with Crippen molar-refractivity contribution in [2.75, 3.05) is 7.05 Å². The Morgan fingerprint density at radius 3 is 1.92 bits per heavy atom. The van der Waals surface area contributed by atoms with Crippen LogP contribution in [0.5, 0.6) is 0 Å². The molecule has 1 unspecified atom stereocenters. The molecule has 0 aliphatic carbocycles. The topological polar surface area (TPSA) is 12.0 Å². The molecule has 1 nitrogen and oxygen atoms in total. The maximum atomic E-state index is 12.3. The quantitative estimate of drug-likeness (QED) is 0.661. The summed E-state index contributed by atoms with van der Waals surface area (Å²) in [6, 6.07) is -0.630. The van der Waals surface area contributed by atoms with Gasteiger partial charge in [0, 0.05) is 0 Å². The number of nitrogens with one attached hydrogen (secondary N) is 1. The Morgan fingerprint density at radius 1 is 1.17 bits per heavy atom. The lowest BCUT2D eigenvalue weighted by Gasteiger charge is -2.20. The van der Waals surface area contributed by atoms with E-state index in [1.165, 1.54) is 0 Å². The van der Waals surface area contributed by atoms with Gasteiger partial charge in [-0.05, 0) is 19.4 Å². The molecule has 1 atom stereocenters. The van der Waals surface area contributed by atoms with Crippen LogP contribution in [0.2, 0.25) is 0 Å². The molecule has 3 heteroatoms. The molecule has 0 aliphatic rings. The molecule has 0 saturated heterocycles. The van der Waals surface area contributed by atoms with E-state index >= 15 is 0 Å². The predicted octanol–water partition coefficient (Wildman–Crippen LogP) is 2.67. The Hall–Kier alpha value is -0.180. The van der Waals surface area contributed by atoms with E-state index in [1.54, 1.807) is 7.05 Å². The Bertz CT molecular complexity index is 103. The van der Waals surface area contributed by atoms with Crippen LogP contribution in [0, 0.1) is 5.92 Å². The zero-order valence-electron chi connectivity index (χ0n) is 8.11. The Morgan fingerprint density at radius 2 is 1.67 bits per heavy atom. The minimum absolute atomic E-state index is 0.427. The van der Waals surface area contributed by atoms with Crippen LogP contribution in [-0.4, -0.2) is 19.5 Å². The first-order chi connectivity index (χ1) is 5.65. The van der Waals surface area contributed by atoms with Crippen molar-refractivity contribution in [1.82, 2.24) is 5.32 Å². The third kappa shape index (κ3) is 4.00. The van der Waals surface area contributed by atoms with Crippen molar-refractivity contribution in [1.29, 1.82) is 0 Å². The first-order valence-electron chi connectivity index (χ1n) is 4.61. The highest BCUT2D eigenvalue weighted by molar-refractivity contribution is 4.71. The number of rotatable bonds is 6. The molecule has 74 valence electrons. The second kappa shape index (κ2) is 6.35. The molecule has 0 heterocycles. The molecule has 0 aromatic carbocycles. The largest absolute Gasteiger partial charge is 0.312 e. The van der Waals surface area contributed by atoms with E-state index in [-0.39, 0.29) is 0 Å². The lowest BCUT2D eigenvalue weighted by atomic mass is 9.95. The van der Waals surface area contributed by atoms with Crippen LogP contribution in [0.4, 0.5) is 8.78 Å². The Balaban J connectivity index is 3.82. The molecule has 0 rings (SSSR count). The molecule has 12 heavy (non-hydrogen) atoms. The average molecular weight is 179 g/mol. The first-order valence-corrected chi connectivity index (χ1v) is 4.61. The zero-order valence-corrected chi connectivity index (χ0v) is 8.11. The van der Waals surface area contributed by atoms with E-state index in [9.17, 15) is 8.78 Å². The lowest BCUT2D eigenvalue weighted by Crippen LogP contribution is -2.34. The fourth-order valence-corrected chi connectivity index (χ4v) is 1.33. The van der Waals surface area contributed by atoms with Gasteiger partial charge in [-0.15, -0.1) is 0 Å². The second-order valence-electron chi connectivity index (χ2n) is 3.15. The van der Waals surface area contributed by atoms with Crippen molar-refractivity contribution >= 4 is 0 Å². The van der Waals surface area contributed by atoms with Crippen molar-refractivity contribution in [2.45, 2.75) is 45.6 Å². The molecule has 0 saturated carbocycles. The van der Waals surface area contributed by atoms with Gasteiger partial charge in [0.1, 0.15) is 0 Å². The summed E-state index contributed by atoms with van der Waals surface area (Å²) < 4.78 is 24.5. The molecule has 0 radical (unpaired) electrons. The summed E-state index contributed by atoms with van der Waals surface area (Å²) in [7, 11) is 1.60. The van der Waals surface area contributed by atoms with E-state index < -0.39 is 12.5 Å². The van der Waals surface area contributed by atoms with E-state index in [4.69, 9.17) is 0 Å². The van der Waals surface area contributed by atoms with Crippen molar-refractivity contribution in [2.24, 2.45) is 5.92 Å². The summed E-state index contributed by atoms with van der Waals surface area (Å²) >= 11 is 0. The lowest BCUT2D eigenvalue weighted by molar-refractivity contribution is 0.0884. The fraction of sp³-hybridized carbons (Fsp3) is 1.00. The van der Waals surface area contributed by atoms with Gasteiger partial charge in [-0.1, -0.05) is 26.7 Å². The smallest absolute Gasteiger partial charge is 0.253 e. The number of alkyl halides is 2. The van der Waals surface area contributed by atoms with Gasteiger partial charge in [-0.2, -0.15) is 0 Å². The van der Waals surface area contributed by atoms with Gasteiger partial charge < -0.3 is 5.32 Å². The Kier molecular flexibility index (Phi) is 6.25. The number of halogens is 2. The van der Waals surface area contributed by atoms with Crippen LogP contribution >= 0.6 is 0 Å². The highest BCUT2D eigenvalue weighted by Crippen LogP contribution is 2.18. The molecule has 0 aromatic heterocycles. The minimum atomic E-state index is -2.24. The maximum absolute atomic E-state index is 12.3. The summed E-state index contributed by atoms with van der Waals surface area (Å²) in [5, 5.41) is 2.65. The van der Waals surface area contributed by atoms with Crippen molar-refractivity contribution in [3.63, 3.8) is 0 Å².